The standard InChI is InChI=1S/C9H6O6.Ag/c10-7(11)4-1-2-5(8(12)13)6(3-4)9(14)15;/h1-3H,(H,10,11)(H,12,13)(H,14,15);/p-2. The van der Waals surface area contributed by atoms with Crippen molar-refractivity contribution >= 4 is 17.9 Å². The van der Waals surface area contributed by atoms with Gasteiger partial charge in [0.15, 0.2) is 0 Å². The molecule has 0 bridgehead atoms. The van der Waals surface area contributed by atoms with Gasteiger partial charge < -0.3 is 24.9 Å². The average Bonchev–Trinajstić information content (AvgIpc) is 2.16. The molecule has 0 spiro atoms. The summed E-state index contributed by atoms with van der Waals surface area (Å²) in [6, 6.07) is 2.50. The van der Waals surface area contributed by atoms with Gasteiger partial charge in [-0.1, -0.05) is 12.1 Å². The molecule has 0 aliphatic rings. The Labute approximate surface area is 105 Å². The molecule has 7 heteroatoms. The van der Waals surface area contributed by atoms with Gasteiger partial charge >= 0.3 is 5.97 Å². The molecule has 1 rings (SSSR count). The fourth-order valence-electron chi connectivity index (χ4n) is 1.03. The summed E-state index contributed by atoms with van der Waals surface area (Å²) in [5.74, 6) is -4.81. The number of carboxylic acid groups (broad SMARTS) is 3. The van der Waals surface area contributed by atoms with Crippen LogP contribution in [-0.4, -0.2) is 23.0 Å². The van der Waals surface area contributed by atoms with E-state index in [9.17, 15) is 24.6 Å². The Morgan fingerprint density at radius 3 is 1.94 bits per heavy atom. The first-order valence-electron chi connectivity index (χ1n) is 3.73. The summed E-state index contributed by atoms with van der Waals surface area (Å²) >= 11 is 0. The Morgan fingerprint density at radius 2 is 1.56 bits per heavy atom. The molecule has 0 saturated heterocycles. The van der Waals surface area contributed by atoms with Gasteiger partial charge in [-0.2, -0.15) is 0 Å². The summed E-state index contributed by atoms with van der Waals surface area (Å²) < 4.78 is 0. The van der Waals surface area contributed by atoms with Gasteiger partial charge in [0.05, 0.1) is 17.5 Å². The van der Waals surface area contributed by atoms with E-state index in [1.54, 1.807) is 0 Å². The van der Waals surface area contributed by atoms with Gasteiger partial charge in [-0.05, 0) is 11.6 Å². The molecule has 6 nitrogen and oxygen atoms in total. The third-order valence-electron chi connectivity index (χ3n) is 1.71. The molecule has 0 fully saturated rings. The fraction of sp³-hybridized carbons (Fsp3) is 0. The Morgan fingerprint density at radius 1 is 1.00 bits per heavy atom. The molecule has 1 aromatic rings. The van der Waals surface area contributed by atoms with Gasteiger partial charge in [0.2, 0.25) is 0 Å². The van der Waals surface area contributed by atoms with Crippen molar-refractivity contribution in [3.8, 4) is 0 Å². The zero-order chi connectivity index (χ0) is 11.6. The Balaban J connectivity index is 0.00000225. The van der Waals surface area contributed by atoms with Crippen LogP contribution in [0.3, 0.4) is 0 Å². The maximum Gasteiger partial charge on any atom is 0.336 e. The van der Waals surface area contributed by atoms with Crippen molar-refractivity contribution in [2.75, 3.05) is 0 Å². The second-order valence-corrected chi connectivity index (χ2v) is 2.64. The number of hydrogen-bond donors (Lipinski definition) is 1. The van der Waals surface area contributed by atoms with Gasteiger partial charge in [0, 0.05) is 27.9 Å². The summed E-state index contributed by atoms with van der Waals surface area (Å²) in [6.07, 6.45) is 0. The Bertz CT molecular complexity index is 453. The van der Waals surface area contributed by atoms with Gasteiger partial charge in [-0.3, -0.25) is 0 Å². The van der Waals surface area contributed by atoms with E-state index in [0.29, 0.717) is 6.07 Å². The maximum atomic E-state index is 10.6. The smallest absolute Gasteiger partial charge is 0.336 e. The number of carbonyl (C=O) groups is 3. The second kappa shape index (κ2) is 5.45. The van der Waals surface area contributed by atoms with E-state index in [1.807, 2.05) is 0 Å². The first-order chi connectivity index (χ1) is 6.93. The molecular formula is C9H4AgO6-2. The van der Waals surface area contributed by atoms with Crippen molar-refractivity contribution < 1.29 is 52.1 Å². The predicted molar refractivity (Wildman–Crippen MR) is 42.1 cm³/mol. The van der Waals surface area contributed by atoms with Crippen molar-refractivity contribution in [2.24, 2.45) is 0 Å². The van der Waals surface area contributed by atoms with Crippen LogP contribution in [0.4, 0.5) is 0 Å². The minimum Gasteiger partial charge on any atom is -0.545 e. The van der Waals surface area contributed by atoms with E-state index in [4.69, 9.17) is 5.11 Å². The van der Waals surface area contributed by atoms with Gasteiger partial charge in [0.1, 0.15) is 0 Å². The number of aromatic carboxylic acids is 3. The number of hydrogen-bond acceptors (Lipinski definition) is 5. The molecular weight excluding hydrogens is 312 g/mol. The molecule has 0 saturated carbocycles. The molecule has 0 aromatic heterocycles. The van der Waals surface area contributed by atoms with Gasteiger partial charge in [0.25, 0.3) is 0 Å². The minimum absolute atomic E-state index is 0. The van der Waals surface area contributed by atoms with Crippen LogP contribution in [0.5, 0.6) is 0 Å². The minimum atomic E-state index is -1.68. The van der Waals surface area contributed by atoms with E-state index in [0.717, 1.165) is 12.1 Å². The van der Waals surface area contributed by atoms with Crippen molar-refractivity contribution in [3.05, 3.63) is 34.9 Å². The molecule has 0 heterocycles. The molecule has 0 aliphatic carbocycles. The quantitative estimate of drug-likeness (QED) is 0.652. The molecule has 0 atom stereocenters. The van der Waals surface area contributed by atoms with Crippen LogP contribution < -0.4 is 10.2 Å². The first-order valence-corrected chi connectivity index (χ1v) is 3.73. The predicted octanol–water partition coefficient (Wildman–Crippen LogP) is -1.89. The molecule has 89 valence electrons. The largest absolute Gasteiger partial charge is 0.545 e. The van der Waals surface area contributed by atoms with Crippen LogP contribution in [0, 0.1) is 0 Å². The van der Waals surface area contributed by atoms with Crippen LogP contribution in [0.25, 0.3) is 0 Å². The zero-order valence-corrected chi connectivity index (χ0v) is 9.00. The number of rotatable bonds is 3. The van der Waals surface area contributed by atoms with Crippen LogP contribution in [0.15, 0.2) is 18.2 Å². The molecule has 16 heavy (non-hydrogen) atoms. The monoisotopic (exact) mass is 315 g/mol. The van der Waals surface area contributed by atoms with Crippen molar-refractivity contribution in [1.29, 1.82) is 0 Å². The van der Waals surface area contributed by atoms with E-state index in [2.05, 4.69) is 0 Å². The normalized spacial score (nSPS) is 9.00. The molecule has 1 N–H and O–H groups in total. The van der Waals surface area contributed by atoms with Gasteiger partial charge in [-0.25, -0.2) is 4.79 Å². The van der Waals surface area contributed by atoms with Crippen molar-refractivity contribution in [2.45, 2.75) is 0 Å². The SMILES string of the molecule is O=C([O-])c1ccc(C(=O)[O-])c(C(=O)O)c1.[Ag]. The van der Waals surface area contributed by atoms with E-state index in [-0.39, 0.29) is 22.4 Å². The van der Waals surface area contributed by atoms with Crippen LogP contribution in [0.1, 0.15) is 31.1 Å². The van der Waals surface area contributed by atoms with Crippen molar-refractivity contribution in [1.82, 2.24) is 0 Å². The number of carboxylic acids is 3. The van der Waals surface area contributed by atoms with E-state index < -0.39 is 34.6 Å². The summed E-state index contributed by atoms with van der Waals surface area (Å²) in [5.41, 5.74) is -1.62. The summed E-state index contributed by atoms with van der Waals surface area (Å²) in [7, 11) is 0. The molecule has 1 aromatic carbocycles. The van der Waals surface area contributed by atoms with Gasteiger partial charge in [-0.15, -0.1) is 0 Å². The van der Waals surface area contributed by atoms with Crippen LogP contribution in [0.2, 0.25) is 0 Å². The Hall–Kier alpha value is -1.63. The van der Waals surface area contributed by atoms with E-state index in [1.165, 1.54) is 0 Å². The summed E-state index contributed by atoms with van der Waals surface area (Å²) in [6.45, 7) is 0. The van der Waals surface area contributed by atoms with E-state index >= 15 is 0 Å². The maximum absolute atomic E-state index is 10.6. The topological polar surface area (TPSA) is 118 Å². The second-order valence-electron chi connectivity index (χ2n) is 2.64. The fourth-order valence-corrected chi connectivity index (χ4v) is 1.03. The summed E-state index contributed by atoms with van der Waals surface area (Å²) in [5, 5.41) is 29.5. The third-order valence-corrected chi connectivity index (χ3v) is 1.71. The van der Waals surface area contributed by atoms with Crippen LogP contribution >= 0.6 is 0 Å². The molecule has 0 amide bonds. The summed E-state index contributed by atoms with van der Waals surface area (Å²) in [4.78, 5) is 31.5. The molecule has 0 aliphatic heterocycles. The first kappa shape index (κ1) is 14.4. The van der Waals surface area contributed by atoms with Crippen LogP contribution in [-0.2, 0) is 22.4 Å². The third kappa shape index (κ3) is 2.93. The number of carbonyl (C=O) groups excluding carboxylic acids is 2. The zero-order valence-electron chi connectivity index (χ0n) is 7.52. The molecule has 1 radical (unpaired) electrons. The number of benzene rings is 1. The molecule has 0 unspecified atom stereocenters. The van der Waals surface area contributed by atoms with Crippen molar-refractivity contribution in [3.63, 3.8) is 0 Å². The Kier molecular flexibility index (Phi) is 4.90. The average molecular weight is 316 g/mol.